The molecule has 0 radical (unpaired) electrons. The molecule has 2 aromatic carbocycles. The summed E-state index contributed by atoms with van der Waals surface area (Å²) in [5.74, 6) is -0.263. The molecule has 3 rings (SSSR count). The molecule has 2 nitrogen and oxygen atoms in total. The fraction of sp³-hybridized carbons (Fsp3) is 0.0667. The molecule has 0 aliphatic carbocycles. The summed E-state index contributed by atoms with van der Waals surface area (Å²) < 4.78 is 15.7. The van der Waals surface area contributed by atoms with Gasteiger partial charge in [0.15, 0.2) is 0 Å². The van der Waals surface area contributed by atoms with Gasteiger partial charge < -0.3 is 10.3 Å². The molecule has 4 heteroatoms. The molecule has 0 saturated carbocycles. The second kappa shape index (κ2) is 4.59. The standard InChI is InChI=1S/C15H12ClFN2/c16-12-4-5-13(17)11(8-12)9-19-7-6-10-2-1-3-14(18)15(10)19/h1-8H,9,18H2. The Morgan fingerprint density at radius 2 is 2.00 bits per heavy atom. The van der Waals surface area contributed by atoms with Gasteiger partial charge in [0.05, 0.1) is 17.7 Å². The van der Waals surface area contributed by atoms with Crippen LogP contribution in [0, 0.1) is 5.82 Å². The first-order valence-corrected chi connectivity index (χ1v) is 6.30. The number of benzene rings is 2. The van der Waals surface area contributed by atoms with Gasteiger partial charge >= 0.3 is 0 Å². The zero-order valence-electron chi connectivity index (χ0n) is 10.1. The number of anilines is 1. The topological polar surface area (TPSA) is 30.9 Å². The third-order valence-corrected chi connectivity index (χ3v) is 3.40. The second-order valence-corrected chi connectivity index (χ2v) is 4.90. The van der Waals surface area contributed by atoms with E-state index >= 15 is 0 Å². The van der Waals surface area contributed by atoms with Crippen LogP contribution in [-0.4, -0.2) is 4.57 Å². The Balaban J connectivity index is 2.08. The van der Waals surface area contributed by atoms with Crippen LogP contribution < -0.4 is 5.73 Å². The molecular weight excluding hydrogens is 263 g/mol. The largest absolute Gasteiger partial charge is 0.397 e. The summed E-state index contributed by atoms with van der Waals surface area (Å²) in [7, 11) is 0. The smallest absolute Gasteiger partial charge is 0.128 e. The quantitative estimate of drug-likeness (QED) is 0.702. The maximum Gasteiger partial charge on any atom is 0.128 e. The molecule has 0 aliphatic rings. The van der Waals surface area contributed by atoms with Gasteiger partial charge in [-0.25, -0.2) is 4.39 Å². The molecular formula is C15H12ClFN2. The number of nitrogens with two attached hydrogens (primary N) is 1. The summed E-state index contributed by atoms with van der Waals surface area (Å²) in [5, 5.41) is 1.57. The Morgan fingerprint density at radius 3 is 2.84 bits per heavy atom. The van der Waals surface area contributed by atoms with Crippen molar-refractivity contribution in [2.75, 3.05) is 5.73 Å². The molecule has 19 heavy (non-hydrogen) atoms. The lowest BCUT2D eigenvalue weighted by Gasteiger charge is -2.09. The normalized spacial score (nSPS) is 11.1. The average molecular weight is 275 g/mol. The molecule has 0 atom stereocenters. The highest BCUT2D eigenvalue weighted by Gasteiger charge is 2.08. The van der Waals surface area contributed by atoms with E-state index in [1.54, 1.807) is 12.1 Å². The van der Waals surface area contributed by atoms with Crippen molar-refractivity contribution in [3.05, 3.63) is 65.1 Å². The van der Waals surface area contributed by atoms with E-state index in [-0.39, 0.29) is 5.82 Å². The number of nitrogens with zero attached hydrogens (tertiary/aromatic N) is 1. The molecule has 0 spiro atoms. The maximum atomic E-state index is 13.8. The van der Waals surface area contributed by atoms with Gasteiger partial charge in [-0.05, 0) is 30.3 Å². The molecule has 0 fully saturated rings. The van der Waals surface area contributed by atoms with E-state index in [1.807, 2.05) is 35.0 Å². The van der Waals surface area contributed by atoms with Crippen LogP contribution >= 0.6 is 11.6 Å². The number of hydrogen-bond acceptors (Lipinski definition) is 1. The number of para-hydroxylation sites is 1. The first-order chi connectivity index (χ1) is 9.15. The summed E-state index contributed by atoms with van der Waals surface area (Å²) in [5.41, 5.74) is 8.14. The minimum absolute atomic E-state index is 0.263. The van der Waals surface area contributed by atoms with Crippen molar-refractivity contribution in [2.24, 2.45) is 0 Å². The molecule has 0 aliphatic heterocycles. The van der Waals surface area contributed by atoms with Crippen LogP contribution in [0.4, 0.5) is 10.1 Å². The van der Waals surface area contributed by atoms with Crippen LogP contribution in [0.3, 0.4) is 0 Å². The highest BCUT2D eigenvalue weighted by atomic mass is 35.5. The Morgan fingerprint density at radius 1 is 1.16 bits per heavy atom. The highest BCUT2D eigenvalue weighted by Crippen LogP contribution is 2.24. The van der Waals surface area contributed by atoms with Crippen molar-refractivity contribution in [1.82, 2.24) is 4.57 Å². The van der Waals surface area contributed by atoms with Gasteiger partial charge in [-0.1, -0.05) is 23.7 Å². The Hall–Kier alpha value is -2.00. The van der Waals surface area contributed by atoms with Crippen LogP contribution in [0.15, 0.2) is 48.7 Å². The van der Waals surface area contributed by atoms with Gasteiger partial charge in [0.1, 0.15) is 5.82 Å². The lowest BCUT2D eigenvalue weighted by atomic mass is 10.2. The minimum atomic E-state index is -0.263. The number of nitrogen functional groups attached to an aromatic ring is 1. The zero-order valence-corrected chi connectivity index (χ0v) is 10.9. The van der Waals surface area contributed by atoms with Crippen LogP contribution in [0.2, 0.25) is 5.02 Å². The minimum Gasteiger partial charge on any atom is -0.397 e. The van der Waals surface area contributed by atoms with Crippen molar-refractivity contribution in [1.29, 1.82) is 0 Å². The van der Waals surface area contributed by atoms with E-state index in [9.17, 15) is 4.39 Å². The Labute approximate surface area is 115 Å². The van der Waals surface area contributed by atoms with Crippen LogP contribution in [0.25, 0.3) is 10.9 Å². The van der Waals surface area contributed by atoms with Gasteiger partial charge in [0.2, 0.25) is 0 Å². The fourth-order valence-corrected chi connectivity index (χ4v) is 2.47. The second-order valence-electron chi connectivity index (χ2n) is 4.46. The predicted molar refractivity (Wildman–Crippen MR) is 76.9 cm³/mol. The van der Waals surface area contributed by atoms with E-state index in [2.05, 4.69) is 0 Å². The van der Waals surface area contributed by atoms with Crippen LogP contribution in [0.5, 0.6) is 0 Å². The van der Waals surface area contributed by atoms with Gasteiger partial charge in [-0.15, -0.1) is 0 Å². The first kappa shape index (κ1) is 12.1. The lowest BCUT2D eigenvalue weighted by molar-refractivity contribution is 0.602. The molecule has 2 N–H and O–H groups in total. The van der Waals surface area contributed by atoms with Crippen LogP contribution in [0.1, 0.15) is 5.56 Å². The summed E-state index contributed by atoms with van der Waals surface area (Å²) in [6.07, 6.45) is 1.90. The van der Waals surface area contributed by atoms with Gasteiger partial charge in [0, 0.05) is 22.2 Å². The van der Waals surface area contributed by atoms with E-state index in [0.29, 0.717) is 22.8 Å². The number of aromatic nitrogens is 1. The number of fused-ring (bicyclic) bond motifs is 1. The fourth-order valence-electron chi connectivity index (χ4n) is 2.27. The third kappa shape index (κ3) is 2.17. The predicted octanol–water partition coefficient (Wildman–Crippen LogP) is 4.06. The van der Waals surface area contributed by atoms with Crippen molar-refractivity contribution >= 4 is 28.2 Å². The molecule has 0 unspecified atom stereocenters. The van der Waals surface area contributed by atoms with E-state index < -0.39 is 0 Å². The Kier molecular flexibility index (Phi) is 2.91. The molecule has 1 heterocycles. The average Bonchev–Trinajstić information content (AvgIpc) is 2.79. The van der Waals surface area contributed by atoms with Crippen molar-refractivity contribution in [3.63, 3.8) is 0 Å². The summed E-state index contributed by atoms with van der Waals surface area (Å²) in [6, 6.07) is 12.3. The summed E-state index contributed by atoms with van der Waals surface area (Å²) in [6.45, 7) is 0.407. The monoisotopic (exact) mass is 274 g/mol. The molecule has 0 amide bonds. The number of rotatable bonds is 2. The Bertz CT molecular complexity index is 749. The molecule has 96 valence electrons. The van der Waals surface area contributed by atoms with Crippen molar-refractivity contribution in [2.45, 2.75) is 6.54 Å². The zero-order chi connectivity index (χ0) is 13.4. The van der Waals surface area contributed by atoms with Gasteiger partial charge in [-0.2, -0.15) is 0 Å². The van der Waals surface area contributed by atoms with Gasteiger partial charge in [0.25, 0.3) is 0 Å². The van der Waals surface area contributed by atoms with E-state index in [0.717, 1.165) is 10.9 Å². The van der Waals surface area contributed by atoms with Crippen molar-refractivity contribution < 1.29 is 4.39 Å². The molecule has 0 bridgehead atoms. The maximum absolute atomic E-state index is 13.8. The van der Waals surface area contributed by atoms with E-state index in [1.165, 1.54) is 6.07 Å². The summed E-state index contributed by atoms with van der Waals surface area (Å²) in [4.78, 5) is 0. The molecule has 3 aromatic rings. The van der Waals surface area contributed by atoms with Gasteiger partial charge in [-0.3, -0.25) is 0 Å². The third-order valence-electron chi connectivity index (χ3n) is 3.17. The summed E-state index contributed by atoms with van der Waals surface area (Å²) >= 11 is 5.91. The van der Waals surface area contributed by atoms with Crippen LogP contribution in [-0.2, 0) is 6.54 Å². The lowest BCUT2D eigenvalue weighted by Crippen LogP contribution is -2.02. The highest BCUT2D eigenvalue weighted by molar-refractivity contribution is 6.30. The molecule has 1 aromatic heterocycles. The first-order valence-electron chi connectivity index (χ1n) is 5.92. The number of halogens is 2. The SMILES string of the molecule is Nc1cccc2ccn(Cc3cc(Cl)ccc3F)c12. The molecule has 0 saturated heterocycles. The number of hydrogen-bond donors (Lipinski definition) is 1. The van der Waals surface area contributed by atoms with Crippen molar-refractivity contribution in [3.8, 4) is 0 Å². The van der Waals surface area contributed by atoms with E-state index in [4.69, 9.17) is 17.3 Å².